The van der Waals surface area contributed by atoms with Gasteiger partial charge in [-0.3, -0.25) is 9.69 Å². The van der Waals surface area contributed by atoms with Crippen LogP contribution >= 0.6 is 0 Å². The van der Waals surface area contributed by atoms with Crippen molar-refractivity contribution in [2.45, 2.75) is 32.4 Å². The fourth-order valence-electron chi connectivity index (χ4n) is 3.07. The molecule has 7 heteroatoms. The lowest BCUT2D eigenvalue weighted by atomic mass is 9.98. The SMILES string of the molecule is CC(=O)NC1(c2nc(C)no2)CCN(Cc2cccn2C)C1. The molecule has 1 amide bonds. The average Bonchev–Trinajstić information content (AvgIpc) is 3.13. The van der Waals surface area contributed by atoms with Crippen molar-refractivity contribution < 1.29 is 9.32 Å². The van der Waals surface area contributed by atoms with Gasteiger partial charge in [-0.1, -0.05) is 5.16 Å². The number of carbonyl (C=O) groups is 1. The minimum Gasteiger partial charge on any atom is -0.353 e. The Hall–Kier alpha value is -2.15. The lowest BCUT2D eigenvalue weighted by molar-refractivity contribution is -0.121. The molecule has 118 valence electrons. The second kappa shape index (κ2) is 5.57. The van der Waals surface area contributed by atoms with Crippen molar-refractivity contribution in [3.8, 4) is 0 Å². The third kappa shape index (κ3) is 2.76. The summed E-state index contributed by atoms with van der Waals surface area (Å²) in [7, 11) is 2.04. The highest BCUT2D eigenvalue weighted by atomic mass is 16.5. The van der Waals surface area contributed by atoms with Crippen molar-refractivity contribution in [1.82, 2.24) is 24.9 Å². The van der Waals surface area contributed by atoms with Crippen LogP contribution in [0.25, 0.3) is 0 Å². The van der Waals surface area contributed by atoms with E-state index >= 15 is 0 Å². The van der Waals surface area contributed by atoms with Crippen molar-refractivity contribution in [3.05, 3.63) is 35.7 Å². The molecule has 1 fully saturated rings. The number of nitrogens with one attached hydrogen (secondary N) is 1. The molecule has 22 heavy (non-hydrogen) atoms. The highest BCUT2D eigenvalue weighted by molar-refractivity contribution is 5.74. The number of hydrogen-bond acceptors (Lipinski definition) is 5. The van der Waals surface area contributed by atoms with Crippen LogP contribution in [0.2, 0.25) is 0 Å². The van der Waals surface area contributed by atoms with Gasteiger partial charge in [-0.2, -0.15) is 4.98 Å². The number of carbonyl (C=O) groups excluding carboxylic acids is 1. The zero-order valence-corrected chi connectivity index (χ0v) is 13.2. The summed E-state index contributed by atoms with van der Waals surface area (Å²) >= 11 is 0. The maximum Gasteiger partial charge on any atom is 0.253 e. The maximum absolute atomic E-state index is 11.6. The van der Waals surface area contributed by atoms with Crippen molar-refractivity contribution >= 4 is 5.91 Å². The van der Waals surface area contributed by atoms with Gasteiger partial charge < -0.3 is 14.4 Å². The predicted molar refractivity (Wildman–Crippen MR) is 79.8 cm³/mol. The minimum absolute atomic E-state index is 0.0865. The number of hydrogen-bond donors (Lipinski definition) is 1. The van der Waals surface area contributed by atoms with Gasteiger partial charge in [0.25, 0.3) is 5.89 Å². The molecule has 1 atom stereocenters. The Morgan fingerprint density at radius 3 is 2.95 bits per heavy atom. The summed E-state index contributed by atoms with van der Waals surface area (Å²) < 4.78 is 7.46. The lowest BCUT2D eigenvalue weighted by Gasteiger charge is -2.26. The van der Waals surface area contributed by atoms with Gasteiger partial charge in [0, 0.05) is 45.5 Å². The van der Waals surface area contributed by atoms with Crippen molar-refractivity contribution in [1.29, 1.82) is 0 Å². The third-order valence-electron chi connectivity index (χ3n) is 4.14. The Balaban J connectivity index is 1.80. The van der Waals surface area contributed by atoms with Crippen molar-refractivity contribution in [2.75, 3.05) is 13.1 Å². The Labute approximate surface area is 129 Å². The molecule has 7 nitrogen and oxygen atoms in total. The first-order valence-electron chi connectivity index (χ1n) is 7.41. The van der Waals surface area contributed by atoms with Crippen LogP contribution in [0.1, 0.15) is 30.8 Å². The molecule has 0 saturated carbocycles. The van der Waals surface area contributed by atoms with E-state index < -0.39 is 5.54 Å². The normalized spacial score (nSPS) is 22.1. The lowest BCUT2D eigenvalue weighted by Crippen LogP contribution is -2.47. The largest absolute Gasteiger partial charge is 0.353 e. The molecule has 1 saturated heterocycles. The summed E-state index contributed by atoms with van der Waals surface area (Å²) in [6.07, 6.45) is 2.80. The van der Waals surface area contributed by atoms with Crippen molar-refractivity contribution in [2.24, 2.45) is 7.05 Å². The fourth-order valence-corrected chi connectivity index (χ4v) is 3.07. The number of aromatic nitrogens is 3. The van der Waals surface area contributed by atoms with Crippen LogP contribution in [-0.2, 0) is 23.9 Å². The summed E-state index contributed by atoms with van der Waals surface area (Å²) in [4.78, 5) is 18.3. The van der Waals surface area contributed by atoms with Gasteiger partial charge in [-0.15, -0.1) is 0 Å². The van der Waals surface area contributed by atoms with Gasteiger partial charge in [0.15, 0.2) is 5.82 Å². The van der Waals surface area contributed by atoms with Crippen LogP contribution in [0.4, 0.5) is 0 Å². The quantitative estimate of drug-likeness (QED) is 0.910. The van der Waals surface area contributed by atoms with Gasteiger partial charge in [0.05, 0.1) is 0 Å². The van der Waals surface area contributed by atoms with Crippen molar-refractivity contribution in [3.63, 3.8) is 0 Å². The molecule has 0 spiro atoms. The highest BCUT2D eigenvalue weighted by Gasteiger charge is 2.45. The summed E-state index contributed by atoms with van der Waals surface area (Å²) in [5, 5.41) is 6.89. The third-order valence-corrected chi connectivity index (χ3v) is 4.14. The topological polar surface area (TPSA) is 76.2 Å². The van der Waals surface area contributed by atoms with Crippen LogP contribution in [-0.4, -0.2) is 38.6 Å². The first-order chi connectivity index (χ1) is 10.5. The fraction of sp³-hybridized carbons (Fsp3) is 0.533. The minimum atomic E-state index is -0.585. The standard InChI is InChI=1S/C15H21N5O2/c1-11-16-14(22-18-11)15(17-12(2)21)6-8-20(10-15)9-13-5-4-7-19(13)3/h4-5,7H,6,8-10H2,1-3H3,(H,17,21). The molecule has 3 rings (SSSR count). The molecule has 0 aliphatic carbocycles. The smallest absolute Gasteiger partial charge is 0.253 e. The highest BCUT2D eigenvalue weighted by Crippen LogP contribution is 2.32. The maximum atomic E-state index is 11.6. The van der Waals surface area contributed by atoms with E-state index in [1.54, 1.807) is 6.92 Å². The summed E-state index contributed by atoms with van der Waals surface area (Å²) in [5.41, 5.74) is 0.651. The molecule has 2 aromatic rings. The van der Waals surface area contributed by atoms with Crippen LogP contribution in [0.3, 0.4) is 0 Å². The Morgan fingerprint density at radius 2 is 2.36 bits per heavy atom. The number of likely N-dealkylation sites (tertiary alicyclic amines) is 1. The average molecular weight is 303 g/mol. The van der Waals surface area contributed by atoms with Crippen LogP contribution in [0.15, 0.2) is 22.9 Å². The van der Waals surface area contributed by atoms with E-state index in [-0.39, 0.29) is 5.91 Å². The molecule has 0 aromatic carbocycles. The molecule has 0 radical (unpaired) electrons. The molecule has 2 aromatic heterocycles. The summed E-state index contributed by atoms with van der Waals surface area (Å²) in [6.45, 7) is 5.67. The van der Waals surface area contributed by atoms with E-state index in [0.29, 0.717) is 18.3 Å². The van der Waals surface area contributed by atoms with E-state index in [4.69, 9.17) is 4.52 Å². The monoisotopic (exact) mass is 303 g/mol. The molecular weight excluding hydrogens is 282 g/mol. The van der Waals surface area contributed by atoms with E-state index in [9.17, 15) is 4.79 Å². The van der Waals surface area contributed by atoms with Gasteiger partial charge >= 0.3 is 0 Å². The zero-order chi connectivity index (χ0) is 15.7. The van der Waals surface area contributed by atoms with E-state index in [1.165, 1.54) is 12.6 Å². The molecule has 3 heterocycles. The van der Waals surface area contributed by atoms with E-state index in [2.05, 4.69) is 31.0 Å². The molecule has 1 unspecified atom stereocenters. The Morgan fingerprint density at radius 1 is 1.55 bits per heavy atom. The number of amides is 1. The van der Waals surface area contributed by atoms with E-state index in [0.717, 1.165) is 19.5 Å². The molecule has 0 bridgehead atoms. The Bertz CT molecular complexity index is 677. The van der Waals surface area contributed by atoms with Gasteiger partial charge in [0.2, 0.25) is 5.91 Å². The molecule has 1 aliphatic rings. The molecular formula is C15H21N5O2. The second-order valence-corrected chi connectivity index (χ2v) is 5.98. The van der Waals surface area contributed by atoms with Gasteiger partial charge in [-0.25, -0.2) is 0 Å². The first-order valence-corrected chi connectivity index (χ1v) is 7.41. The zero-order valence-electron chi connectivity index (χ0n) is 13.2. The molecule has 1 N–H and O–H groups in total. The molecule has 1 aliphatic heterocycles. The summed E-state index contributed by atoms with van der Waals surface area (Å²) in [5.74, 6) is 0.992. The van der Waals surface area contributed by atoms with Crippen LogP contribution < -0.4 is 5.32 Å². The second-order valence-electron chi connectivity index (χ2n) is 5.98. The predicted octanol–water partition coefficient (Wildman–Crippen LogP) is 0.954. The number of aryl methyl sites for hydroxylation is 2. The van der Waals surface area contributed by atoms with E-state index in [1.807, 2.05) is 19.3 Å². The number of rotatable bonds is 4. The van der Waals surface area contributed by atoms with Crippen LogP contribution in [0.5, 0.6) is 0 Å². The van der Waals surface area contributed by atoms with Gasteiger partial charge in [-0.05, 0) is 25.5 Å². The first kappa shape index (κ1) is 14.8. The summed E-state index contributed by atoms with van der Waals surface area (Å²) in [6, 6.07) is 4.14. The number of nitrogens with zero attached hydrogens (tertiary/aromatic N) is 4. The van der Waals surface area contributed by atoms with Crippen LogP contribution in [0, 0.1) is 6.92 Å². The van der Waals surface area contributed by atoms with Gasteiger partial charge in [0.1, 0.15) is 5.54 Å². The Kier molecular flexibility index (Phi) is 3.74.